The van der Waals surface area contributed by atoms with Crippen molar-refractivity contribution in [3.63, 3.8) is 0 Å². The maximum atomic E-state index is 12.9. The van der Waals surface area contributed by atoms with Gasteiger partial charge in [0.2, 0.25) is 5.95 Å². The molecule has 3 aromatic heterocycles. The highest BCUT2D eigenvalue weighted by Gasteiger charge is 2.30. The number of pyridine rings is 1. The zero-order chi connectivity index (χ0) is 22.0. The van der Waals surface area contributed by atoms with Crippen LogP contribution in [0, 0.1) is 0 Å². The predicted octanol–water partition coefficient (Wildman–Crippen LogP) is 4.36. The van der Waals surface area contributed by atoms with Gasteiger partial charge in [-0.3, -0.25) is 9.67 Å². The Labute approximate surface area is 175 Å². The van der Waals surface area contributed by atoms with Gasteiger partial charge < -0.3 is 16.4 Å². The molecule has 0 aliphatic rings. The first-order valence-electron chi connectivity index (χ1n) is 9.06. The Hall–Kier alpha value is -4.15. The average Bonchev–Trinajstić information content (AvgIpc) is 3.12. The van der Waals surface area contributed by atoms with Crippen LogP contribution in [0.2, 0.25) is 0 Å². The lowest BCUT2D eigenvalue weighted by Crippen LogP contribution is -2.05. The van der Waals surface area contributed by atoms with Gasteiger partial charge in [0.15, 0.2) is 0 Å². The van der Waals surface area contributed by atoms with Crippen molar-refractivity contribution >= 4 is 28.8 Å². The summed E-state index contributed by atoms with van der Waals surface area (Å²) in [4.78, 5) is 12.8. The van der Waals surface area contributed by atoms with E-state index in [0.717, 1.165) is 12.1 Å². The molecular formula is C20H17F3N8. The Morgan fingerprint density at radius 3 is 2.39 bits per heavy atom. The second-order valence-electron chi connectivity index (χ2n) is 6.69. The molecule has 0 spiro atoms. The molecule has 0 unspecified atom stereocenters. The van der Waals surface area contributed by atoms with Crippen LogP contribution < -0.4 is 16.4 Å². The fourth-order valence-electron chi connectivity index (χ4n) is 2.87. The third-order valence-electron chi connectivity index (χ3n) is 4.30. The Bertz CT molecular complexity index is 1200. The second-order valence-corrected chi connectivity index (χ2v) is 6.69. The van der Waals surface area contributed by atoms with Crippen molar-refractivity contribution in [3.05, 3.63) is 66.9 Å². The van der Waals surface area contributed by atoms with Crippen LogP contribution in [0.4, 0.5) is 42.0 Å². The minimum absolute atomic E-state index is 0.281. The van der Waals surface area contributed by atoms with Crippen LogP contribution in [-0.2, 0) is 13.2 Å². The minimum Gasteiger partial charge on any atom is -0.397 e. The lowest BCUT2D eigenvalue weighted by Gasteiger charge is -2.14. The standard InChI is InChI=1S/C20H17F3N8/c1-31-11-16(9-27-31)29-19-26-10-17(12-2-4-13(5-3-12)20(21,22)23)18(30-19)28-15-6-14(24)7-25-8-15/h2-11H,24H2,1H3,(H2,26,28,29,30). The van der Waals surface area contributed by atoms with Crippen LogP contribution in [0.3, 0.4) is 0 Å². The maximum absolute atomic E-state index is 12.9. The van der Waals surface area contributed by atoms with Crippen LogP contribution in [0.1, 0.15) is 5.56 Å². The summed E-state index contributed by atoms with van der Waals surface area (Å²) in [6, 6.07) is 6.45. The summed E-state index contributed by atoms with van der Waals surface area (Å²) in [5.41, 5.74) is 7.78. The molecule has 0 bridgehead atoms. The van der Waals surface area contributed by atoms with Gasteiger partial charge in [-0.25, -0.2) is 4.98 Å². The zero-order valence-electron chi connectivity index (χ0n) is 16.2. The molecule has 8 nitrogen and oxygen atoms in total. The Morgan fingerprint density at radius 2 is 1.74 bits per heavy atom. The molecule has 0 aliphatic heterocycles. The fourth-order valence-corrected chi connectivity index (χ4v) is 2.87. The number of nitrogens with zero attached hydrogens (tertiary/aromatic N) is 5. The molecule has 158 valence electrons. The molecule has 0 amide bonds. The van der Waals surface area contributed by atoms with E-state index in [9.17, 15) is 13.2 Å². The quantitative estimate of drug-likeness (QED) is 0.435. The van der Waals surface area contributed by atoms with E-state index in [4.69, 9.17) is 5.73 Å². The molecule has 3 heterocycles. The van der Waals surface area contributed by atoms with E-state index in [1.165, 1.54) is 24.5 Å². The number of hydrogen-bond donors (Lipinski definition) is 3. The van der Waals surface area contributed by atoms with Gasteiger partial charge in [-0.05, 0) is 23.8 Å². The summed E-state index contributed by atoms with van der Waals surface area (Å²) in [7, 11) is 1.78. The molecule has 4 aromatic rings. The zero-order valence-corrected chi connectivity index (χ0v) is 16.2. The fraction of sp³-hybridized carbons (Fsp3) is 0.100. The number of halogens is 3. The van der Waals surface area contributed by atoms with E-state index >= 15 is 0 Å². The Balaban J connectivity index is 1.72. The number of alkyl halides is 3. The van der Waals surface area contributed by atoms with Gasteiger partial charge in [-0.1, -0.05) is 12.1 Å². The van der Waals surface area contributed by atoms with E-state index < -0.39 is 11.7 Å². The Morgan fingerprint density at radius 1 is 0.968 bits per heavy atom. The van der Waals surface area contributed by atoms with Crippen LogP contribution in [-0.4, -0.2) is 24.7 Å². The van der Waals surface area contributed by atoms with Crippen LogP contribution >= 0.6 is 0 Å². The van der Waals surface area contributed by atoms with Gasteiger partial charge in [-0.15, -0.1) is 0 Å². The molecule has 0 aliphatic carbocycles. The van der Waals surface area contributed by atoms with Gasteiger partial charge >= 0.3 is 6.18 Å². The second kappa shape index (κ2) is 7.94. The van der Waals surface area contributed by atoms with Gasteiger partial charge in [-0.2, -0.15) is 23.3 Å². The molecule has 0 fully saturated rings. The maximum Gasteiger partial charge on any atom is 0.416 e. The molecule has 0 atom stereocenters. The van der Waals surface area contributed by atoms with Gasteiger partial charge in [0.05, 0.1) is 35.0 Å². The largest absolute Gasteiger partial charge is 0.416 e. The number of anilines is 5. The summed E-state index contributed by atoms with van der Waals surface area (Å²) in [6.07, 6.45) is 3.53. The lowest BCUT2D eigenvalue weighted by molar-refractivity contribution is -0.137. The van der Waals surface area contributed by atoms with Crippen LogP contribution in [0.5, 0.6) is 0 Å². The summed E-state index contributed by atoms with van der Waals surface area (Å²) in [5.74, 6) is 0.650. The minimum atomic E-state index is -4.42. The van der Waals surface area contributed by atoms with Gasteiger partial charge in [0, 0.05) is 31.2 Å². The number of hydrogen-bond acceptors (Lipinski definition) is 7. The first kappa shape index (κ1) is 20.1. The van der Waals surface area contributed by atoms with Crippen molar-refractivity contribution in [2.24, 2.45) is 7.05 Å². The monoisotopic (exact) mass is 426 g/mol. The van der Waals surface area contributed by atoms with Crippen molar-refractivity contribution < 1.29 is 13.2 Å². The SMILES string of the molecule is Cn1cc(Nc2ncc(-c3ccc(C(F)(F)F)cc3)c(Nc3cncc(N)c3)n2)cn1. The lowest BCUT2D eigenvalue weighted by atomic mass is 10.1. The molecule has 0 saturated carbocycles. The normalized spacial score (nSPS) is 11.4. The number of nitrogens with one attached hydrogen (secondary N) is 2. The number of nitrogen functional groups attached to an aromatic ring is 1. The predicted molar refractivity (Wildman–Crippen MR) is 111 cm³/mol. The summed E-state index contributed by atoms with van der Waals surface area (Å²) >= 11 is 0. The highest BCUT2D eigenvalue weighted by Crippen LogP contribution is 2.34. The highest BCUT2D eigenvalue weighted by atomic mass is 19.4. The molecule has 4 N–H and O–H groups in total. The van der Waals surface area contributed by atoms with Crippen molar-refractivity contribution in [2.75, 3.05) is 16.4 Å². The van der Waals surface area contributed by atoms with E-state index in [-0.39, 0.29) is 5.95 Å². The van der Waals surface area contributed by atoms with E-state index in [0.29, 0.717) is 34.0 Å². The van der Waals surface area contributed by atoms with Crippen LogP contribution in [0.15, 0.2) is 61.3 Å². The molecule has 0 saturated heterocycles. The average molecular weight is 426 g/mol. The van der Waals surface area contributed by atoms with Gasteiger partial charge in [0.1, 0.15) is 5.82 Å². The number of nitrogens with two attached hydrogens (primary N) is 1. The van der Waals surface area contributed by atoms with E-state index in [2.05, 4.69) is 30.7 Å². The molecule has 0 radical (unpaired) electrons. The van der Waals surface area contributed by atoms with E-state index in [1.807, 2.05) is 0 Å². The van der Waals surface area contributed by atoms with Crippen molar-refractivity contribution in [3.8, 4) is 11.1 Å². The Kier molecular flexibility index (Phi) is 5.15. The summed E-state index contributed by atoms with van der Waals surface area (Å²) in [6.45, 7) is 0. The third-order valence-corrected chi connectivity index (χ3v) is 4.30. The first-order chi connectivity index (χ1) is 14.8. The number of benzene rings is 1. The molecular weight excluding hydrogens is 409 g/mol. The number of aromatic nitrogens is 5. The third kappa shape index (κ3) is 4.71. The molecule has 31 heavy (non-hydrogen) atoms. The highest BCUT2D eigenvalue weighted by molar-refractivity contribution is 5.79. The van der Waals surface area contributed by atoms with Crippen LogP contribution in [0.25, 0.3) is 11.1 Å². The number of rotatable bonds is 5. The summed E-state index contributed by atoms with van der Waals surface area (Å²) < 4.78 is 40.4. The molecule has 4 rings (SSSR count). The van der Waals surface area contributed by atoms with E-state index in [1.54, 1.807) is 36.4 Å². The molecule has 1 aromatic carbocycles. The van der Waals surface area contributed by atoms with Gasteiger partial charge in [0.25, 0.3) is 0 Å². The smallest absolute Gasteiger partial charge is 0.397 e. The number of aryl methyl sites for hydroxylation is 1. The molecule has 11 heteroatoms. The van der Waals surface area contributed by atoms with Crippen molar-refractivity contribution in [1.29, 1.82) is 0 Å². The van der Waals surface area contributed by atoms with Crippen molar-refractivity contribution in [1.82, 2.24) is 24.7 Å². The topological polar surface area (TPSA) is 107 Å². The van der Waals surface area contributed by atoms with Crippen molar-refractivity contribution in [2.45, 2.75) is 6.18 Å². The first-order valence-corrected chi connectivity index (χ1v) is 9.06. The summed E-state index contributed by atoms with van der Waals surface area (Å²) in [5, 5.41) is 10.2.